The number of aromatic nitrogens is 2. The second-order valence-electron chi connectivity index (χ2n) is 7.20. The van der Waals surface area contributed by atoms with Crippen molar-refractivity contribution in [1.82, 2.24) is 15.1 Å². The predicted octanol–water partition coefficient (Wildman–Crippen LogP) is 3.75. The number of rotatable bonds is 5. The predicted molar refractivity (Wildman–Crippen MR) is 109 cm³/mol. The molecule has 2 aromatic carbocycles. The SMILES string of the molecule is Cn1nccc1-c1cc(NC(=O)c2ccc(F)c(F)c2)ccc1OC1CCNCC1. The highest BCUT2D eigenvalue weighted by Gasteiger charge is 2.19. The number of piperidine rings is 1. The molecular weight excluding hydrogens is 390 g/mol. The summed E-state index contributed by atoms with van der Waals surface area (Å²) >= 11 is 0. The summed E-state index contributed by atoms with van der Waals surface area (Å²) in [5.74, 6) is -1.89. The first kappa shape index (κ1) is 20.0. The summed E-state index contributed by atoms with van der Waals surface area (Å²) in [7, 11) is 1.83. The van der Waals surface area contributed by atoms with Crippen LogP contribution in [0.2, 0.25) is 0 Å². The average Bonchev–Trinajstić information content (AvgIpc) is 3.17. The van der Waals surface area contributed by atoms with Crippen LogP contribution in [0.3, 0.4) is 0 Å². The van der Waals surface area contributed by atoms with Gasteiger partial charge in [-0.05, 0) is 68.4 Å². The van der Waals surface area contributed by atoms with E-state index in [1.54, 1.807) is 23.0 Å². The monoisotopic (exact) mass is 412 g/mol. The summed E-state index contributed by atoms with van der Waals surface area (Å²) < 4.78 is 34.6. The van der Waals surface area contributed by atoms with Gasteiger partial charge in [0, 0.05) is 30.1 Å². The molecule has 3 aromatic rings. The molecule has 30 heavy (non-hydrogen) atoms. The standard InChI is InChI=1S/C22H22F2N4O2/c1-28-20(8-11-26-28)17-13-15(3-5-21(17)30-16-6-9-25-10-7-16)27-22(29)14-2-4-18(23)19(24)12-14/h2-5,8,11-13,16,25H,6-7,9-10H2,1H3,(H,27,29). The molecule has 0 aliphatic carbocycles. The van der Waals surface area contributed by atoms with Crippen LogP contribution in [0.25, 0.3) is 11.3 Å². The number of benzene rings is 2. The normalized spacial score (nSPS) is 14.5. The van der Waals surface area contributed by atoms with Crippen molar-refractivity contribution in [3.63, 3.8) is 0 Å². The lowest BCUT2D eigenvalue weighted by Gasteiger charge is -2.25. The number of nitrogens with one attached hydrogen (secondary N) is 2. The van der Waals surface area contributed by atoms with Gasteiger partial charge in [0.15, 0.2) is 11.6 Å². The zero-order valence-electron chi connectivity index (χ0n) is 16.5. The first-order valence-electron chi connectivity index (χ1n) is 9.77. The van der Waals surface area contributed by atoms with Gasteiger partial charge < -0.3 is 15.4 Å². The van der Waals surface area contributed by atoms with E-state index in [1.807, 2.05) is 19.2 Å². The Morgan fingerprint density at radius 2 is 1.93 bits per heavy atom. The van der Waals surface area contributed by atoms with E-state index in [0.29, 0.717) is 11.4 Å². The first-order valence-corrected chi connectivity index (χ1v) is 9.77. The molecule has 156 valence electrons. The van der Waals surface area contributed by atoms with E-state index in [0.717, 1.165) is 49.3 Å². The number of carbonyl (C=O) groups excluding carboxylic acids is 1. The molecule has 0 spiro atoms. The van der Waals surface area contributed by atoms with E-state index in [4.69, 9.17) is 4.74 Å². The maximum Gasteiger partial charge on any atom is 0.255 e. The van der Waals surface area contributed by atoms with Crippen LogP contribution in [-0.2, 0) is 7.05 Å². The highest BCUT2D eigenvalue weighted by Crippen LogP contribution is 2.34. The van der Waals surface area contributed by atoms with Crippen molar-refractivity contribution in [2.45, 2.75) is 18.9 Å². The van der Waals surface area contributed by atoms with Gasteiger partial charge in [-0.3, -0.25) is 9.48 Å². The lowest BCUT2D eigenvalue weighted by atomic mass is 10.1. The molecule has 1 fully saturated rings. The molecule has 8 heteroatoms. The lowest BCUT2D eigenvalue weighted by Crippen LogP contribution is -2.34. The number of carbonyl (C=O) groups is 1. The Bertz CT molecular complexity index is 1060. The summed E-state index contributed by atoms with van der Waals surface area (Å²) in [6.45, 7) is 1.82. The zero-order valence-corrected chi connectivity index (χ0v) is 16.5. The molecule has 0 atom stereocenters. The van der Waals surface area contributed by atoms with Gasteiger partial charge in [0.1, 0.15) is 11.9 Å². The average molecular weight is 412 g/mol. The Balaban J connectivity index is 1.62. The third-order valence-corrected chi connectivity index (χ3v) is 5.10. The number of nitrogens with zero attached hydrogens (tertiary/aromatic N) is 2. The Hall–Kier alpha value is -3.26. The molecule has 1 aliphatic heterocycles. The molecule has 6 nitrogen and oxygen atoms in total. The van der Waals surface area contributed by atoms with Gasteiger partial charge in [-0.15, -0.1) is 0 Å². The van der Waals surface area contributed by atoms with Gasteiger partial charge in [0.2, 0.25) is 0 Å². The molecule has 4 rings (SSSR count). The van der Waals surface area contributed by atoms with E-state index < -0.39 is 17.5 Å². The van der Waals surface area contributed by atoms with Crippen LogP contribution in [0.1, 0.15) is 23.2 Å². The molecule has 0 saturated carbocycles. The minimum absolute atomic E-state index is 0.0333. The fraction of sp³-hybridized carbons (Fsp3) is 0.273. The van der Waals surface area contributed by atoms with Gasteiger partial charge in [-0.1, -0.05) is 0 Å². The quantitative estimate of drug-likeness (QED) is 0.670. The molecule has 2 heterocycles. The van der Waals surface area contributed by atoms with Gasteiger partial charge >= 0.3 is 0 Å². The minimum Gasteiger partial charge on any atom is -0.490 e. The first-order chi connectivity index (χ1) is 14.5. The fourth-order valence-corrected chi connectivity index (χ4v) is 3.48. The maximum atomic E-state index is 13.5. The largest absolute Gasteiger partial charge is 0.490 e. The van der Waals surface area contributed by atoms with Crippen LogP contribution in [0.5, 0.6) is 5.75 Å². The highest BCUT2D eigenvalue weighted by molar-refractivity contribution is 6.04. The topological polar surface area (TPSA) is 68.2 Å². The van der Waals surface area contributed by atoms with E-state index in [2.05, 4.69) is 15.7 Å². The summed E-state index contributed by atoms with van der Waals surface area (Å²) in [6, 6.07) is 10.3. The van der Waals surface area contributed by atoms with Gasteiger partial charge in [0.25, 0.3) is 5.91 Å². The van der Waals surface area contributed by atoms with Crippen LogP contribution >= 0.6 is 0 Å². The van der Waals surface area contributed by atoms with Crippen LogP contribution in [-0.4, -0.2) is 34.9 Å². The molecule has 1 aromatic heterocycles. The molecule has 1 amide bonds. The second kappa shape index (κ2) is 8.62. The third kappa shape index (κ3) is 4.33. The number of hydrogen-bond donors (Lipinski definition) is 2. The number of aryl methyl sites for hydroxylation is 1. The smallest absolute Gasteiger partial charge is 0.255 e. The van der Waals surface area contributed by atoms with Crippen LogP contribution in [0.15, 0.2) is 48.7 Å². The minimum atomic E-state index is -1.07. The zero-order chi connectivity index (χ0) is 21.1. The van der Waals surface area contributed by atoms with Crippen LogP contribution < -0.4 is 15.4 Å². The highest BCUT2D eigenvalue weighted by atomic mass is 19.2. The summed E-state index contributed by atoms with van der Waals surface area (Å²) in [4.78, 5) is 12.5. The number of halogens is 2. The molecule has 2 N–H and O–H groups in total. The summed E-state index contributed by atoms with van der Waals surface area (Å²) in [5.41, 5.74) is 2.17. The van der Waals surface area contributed by atoms with Crippen molar-refractivity contribution >= 4 is 11.6 Å². The Morgan fingerprint density at radius 1 is 1.13 bits per heavy atom. The third-order valence-electron chi connectivity index (χ3n) is 5.10. The van der Waals surface area contributed by atoms with Crippen molar-refractivity contribution in [2.24, 2.45) is 7.05 Å². The number of amides is 1. The van der Waals surface area contributed by atoms with Crippen LogP contribution in [0.4, 0.5) is 14.5 Å². The summed E-state index contributed by atoms with van der Waals surface area (Å²) in [6.07, 6.45) is 3.63. The van der Waals surface area contributed by atoms with E-state index in [9.17, 15) is 13.6 Å². The molecule has 0 unspecified atom stereocenters. The van der Waals surface area contributed by atoms with Gasteiger partial charge in [-0.25, -0.2) is 8.78 Å². The Kier molecular flexibility index (Phi) is 5.76. The van der Waals surface area contributed by atoms with E-state index in [-0.39, 0.29) is 11.7 Å². The van der Waals surface area contributed by atoms with E-state index in [1.165, 1.54) is 6.07 Å². The second-order valence-corrected chi connectivity index (χ2v) is 7.20. The fourth-order valence-electron chi connectivity index (χ4n) is 3.48. The van der Waals surface area contributed by atoms with Crippen molar-refractivity contribution < 1.29 is 18.3 Å². The Labute approximate surface area is 172 Å². The molecular formula is C22H22F2N4O2. The Morgan fingerprint density at radius 3 is 2.63 bits per heavy atom. The van der Waals surface area contributed by atoms with Crippen LogP contribution in [0, 0.1) is 11.6 Å². The molecule has 1 aliphatic rings. The van der Waals surface area contributed by atoms with E-state index >= 15 is 0 Å². The number of anilines is 1. The lowest BCUT2D eigenvalue weighted by molar-refractivity contribution is 0.102. The van der Waals surface area contributed by atoms with Gasteiger partial charge in [0.05, 0.1) is 5.69 Å². The molecule has 1 saturated heterocycles. The number of ether oxygens (including phenoxy) is 1. The maximum absolute atomic E-state index is 13.5. The van der Waals surface area contributed by atoms with Crippen molar-refractivity contribution in [1.29, 1.82) is 0 Å². The van der Waals surface area contributed by atoms with Crippen molar-refractivity contribution in [3.05, 3.63) is 65.9 Å². The van der Waals surface area contributed by atoms with Crippen molar-refractivity contribution in [3.8, 4) is 17.0 Å². The number of hydrogen-bond acceptors (Lipinski definition) is 4. The van der Waals surface area contributed by atoms with Crippen molar-refractivity contribution in [2.75, 3.05) is 18.4 Å². The summed E-state index contributed by atoms with van der Waals surface area (Å²) in [5, 5.41) is 10.3. The molecule has 0 radical (unpaired) electrons. The van der Waals surface area contributed by atoms with Gasteiger partial charge in [-0.2, -0.15) is 5.10 Å². The molecule has 0 bridgehead atoms.